The minimum Gasteiger partial charge on any atom is -0.493 e. The lowest BCUT2D eigenvalue weighted by molar-refractivity contribution is -0.112. The highest BCUT2D eigenvalue weighted by Gasteiger charge is 2.13. The summed E-state index contributed by atoms with van der Waals surface area (Å²) in [5.74, 6) is 2.10. The van der Waals surface area contributed by atoms with Gasteiger partial charge in [-0.1, -0.05) is 30.3 Å². The van der Waals surface area contributed by atoms with E-state index in [1.54, 1.807) is 31.2 Å². The minimum atomic E-state index is -0.584. The number of anilines is 1. The molecule has 3 aromatic rings. The number of ether oxygens (including phenoxy) is 3. The van der Waals surface area contributed by atoms with Gasteiger partial charge in [-0.3, -0.25) is 4.79 Å². The van der Waals surface area contributed by atoms with Crippen LogP contribution in [0.15, 0.2) is 58.6 Å². The SMILES string of the molecule is CCc1ccc(OCCCOc2ccc(C=C(C#N)C(=O)Nc3cc(C)on3)cc2OC)cc1. The molecule has 0 unspecified atom stereocenters. The molecule has 0 atom stereocenters. The molecule has 0 fully saturated rings. The van der Waals surface area contributed by atoms with E-state index in [-0.39, 0.29) is 11.4 Å². The quantitative estimate of drug-likeness (QED) is 0.245. The van der Waals surface area contributed by atoms with E-state index in [1.807, 2.05) is 18.2 Å². The lowest BCUT2D eigenvalue weighted by Crippen LogP contribution is -2.13. The monoisotopic (exact) mass is 461 g/mol. The van der Waals surface area contributed by atoms with Crippen molar-refractivity contribution >= 4 is 17.8 Å². The van der Waals surface area contributed by atoms with Crippen LogP contribution in [0, 0.1) is 18.3 Å². The van der Waals surface area contributed by atoms with Crippen molar-refractivity contribution in [2.24, 2.45) is 0 Å². The van der Waals surface area contributed by atoms with Gasteiger partial charge >= 0.3 is 0 Å². The molecule has 2 aromatic carbocycles. The second-order valence-corrected chi connectivity index (χ2v) is 7.41. The van der Waals surface area contributed by atoms with E-state index in [0.717, 1.165) is 12.2 Å². The number of amides is 1. The van der Waals surface area contributed by atoms with Crippen LogP contribution >= 0.6 is 0 Å². The first-order valence-electron chi connectivity index (χ1n) is 10.9. The molecule has 1 N–H and O–H groups in total. The number of aryl methyl sites for hydroxylation is 2. The molecule has 0 radical (unpaired) electrons. The van der Waals surface area contributed by atoms with Crippen LogP contribution in [0.4, 0.5) is 5.82 Å². The number of nitrogens with one attached hydrogen (secondary N) is 1. The Bertz CT molecular complexity index is 1180. The highest BCUT2D eigenvalue weighted by Crippen LogP contribution is 2.29. The average Bonchev–Trinajstić information content (AvgIpc) is 3.27. The largest absolute Gasteiger partial charge is 0.493 e. The number of nitriles is 1. The van der Waals surface area contributed by atoms with Crippen LogP contribution in [0.25, 0.3) is 6.08 Å². The van der Waals surface area contributed by atoms with E-state index in [0.29, 0.717) is 42.5 Å². The maximum Gasteiger partial charge on any atom is 0.267 e. The third-order valence-electron chi connectivity index (χ3n) is 4.88. The van der Waals surface area contributed by atoms with Gasteiger partial charge in [0.25, 0.3) is 5.91 Å². The molecule has 0 saturated heterocycles. The van der Waals surface area contributed by atoms with Crippen LogP contribution in [0.5, 0.6) is 17.2 Å². The van der Waals surface area contributed by atoms with Crippen molar-refractivity contribution < 1.29 is 23.5 Å². The van der Waals surface area contributed by atoms with Crippen molar-refractivity contribution in [2.75, 3.05) is 25.6 Å². The third kappa shape index (κ3) is 6.87. The van der Waals surface area contributed by atoms with Crippen molar-refractivity contribution in [3.8, 4) is 23.3 Å². The molecule has 0 bridgehead atoms. The van der Waals surface area contributed by atoms with Crippen molar-refractivity contribution in [1.82, 2.24) is 5.16 Å². The molecule has 1 amide bonds. The molecule has 0 aliphatic rings. The van der Waals surface area contributed by atoms with Crippen molar-refractivity contribution in [1.29, 1.82) is 5.26 Å². The topological polar surface area (TPSA) is 107 Å². The average molecular weight is 462 g/mol. The Kier molecular flexibility index (Phi) is 8.69. The summed E-state index contributed by atoms with van der Waals surface area (Å²) in [7, 11) is 1.53. The van der Waals surface area contributed by atoms with Crippen molar-refractivity contribution in [2.45, 2.75) is 26.7 Å². The van der Waals surface area contributed by atoms with E-state index in [2.05, 4.69) is 29.5 Å². The van der Waals surface area contributed by atoms with E-state index in [4.69, 9.17) is 18.7 Å². The van der Waals surface area contributed by atoms with Gasteiger partial charge in [0, 0.05) is 12.5 Å². The fraction of sp³-hybridized carbons (Fsp3) is 0.269. The molecule has 0 saturated carbocycles. The second kappa shape index (κ2) is 12.1. The summed E-state index contributed by atoms with van der Waals surface area (Å²) in [6, 6.07) is 16.7. The molecule has 0 aliphatic heterocycles. The summed E-state index contributed by atoms with van der Waals surface area (Å²) in [5.41, 5.74) is 1.81. The Morgan fingerprint density at radius 2 is 1.88 bits per heavy atom. The number of carbonyl (C=O) groups excluding carboxylic acids is 1. The summed E-state index contributed by atoms with van der Waals surface area (Å²) in [5, 5.41) is 15.6. The Morgan fingerprint density at radius 1 is 1.12 bits per heavy atom. The van der Waals surface area contributed by atoms with Crippen molar-refractivity contribution in [3.05, 3.63) is 71.0 Å². The zero-order valence-corrected chi connectivity index (χ0v) is 19.5. The fourth-order valence-corrected chi connectivity index (χ4v) is 3.07. The van der Waals surface area contributed by atoms with Gasteiger partial charge in [0.2, 0.25) is 0 Å². The van der Waals surface area contributed by atoms with Gasteiger partial charge in [-0.05, 0) is 54.8 Å². The van der Waals surface area contributed by atoms with E-state index >= 15 is 0 Å². The molecule has 176 valence electrons. The van der Waals surface area contributed by atoms with Crippen molar-refractivity contribution in [3.63, 3.8) is 0 Å². The summed E-state index contributed by atoms with van der Waals surface area (Å²) < 4.78 is 21.9. The molecule has 0 spiro atoms. The van der Waals surface area contributed by atoms with Crippen LogP contribution in [0.1, 0.15) is 30.2 Å². The van der Waals surface area contributed by atoms with Gasteiger partial charge < -0.3 is 24.1 Å². The maximum atomic E-state index is 12.4. The number of aromatic nitrogens is 1. The van der Waals surface area contributed by atoms with Gasteiger partial charge in [-0.25, -0.2) is 0 Å². The fourth-order valence-electron chi connectivity index (χ4n) is 3.07. The third-order valence-corrected chi connectivity index (χ3v) is 4.88. The molecule has 3 rings (SSSR count). The van der Waals surface area contributed by atoms with Gasteiger partial charge in [0.1, 0.15) is 23.2 Å². The van der Waals surface area contributed by atoms with E-state index in [1.165, 1.54) is 18.7 Å². The zero-order valence-electron chi connectivity index (χ0n) is 19.5. The first-order valence-corrected chi connectivity index (χ1v) is 10.9. The van der Waals surface area contributed by atoms with Gasteiger partial charge in [0.15, 0.2) is 17.3 Å². The van der Waals surface area contributed by atoms with Crippen LogP contribution < -0.4 is 19.5 Å². The number of hydrogen-bond acceptors (Lipinski definition) is 7. The van der Waals surface area contributed by atoms with Gasteiger partial charge in [0.05, 0.1) is 20.3 Å². The number of rotatable bonds is 11. The first-order chi connectivity index (χ1) is 16.5. The molecule has 1 aromatic heterocycles. The van der Waals surface area contributed by atoms with Gasteiger partial charge in [-0.15, -0.1) is 0 Å². The molecule has 34 heavy (non-hydrogen) atoms. The van der Waals surface area contributed by atoms with Crippen LogP contribution in [0.2, 0.25) is 0 Å². The van der Waals surface area contributed by atoms with Crippen LogP contribution in [-0.4, -0.2) is 31.4 Å². The number of hydrogen-bond donors (Lipinski definition) is 1. The Balaban J connectivity index is 1.55. The molecule has 8 nitrogen and oxygen atoms in total. The first kappa shape index (κ1) is 24.4. The lowest BCUT2D eigenvalue weighted by Gasteiger charge is -2.12. The standard InChI is InChI=1S/C26H27N3O5/c1-4-19-6-9-22(10-7-19)32-12-5-13-33-23-11-8-20(16-24(23)31-3)15-21(17-27)26(30)28-25-14-18(2)34-29-25/h6-11,14-16H,4-5,12-13H2,1-3H3,(H,28,29,30). The van der Waals surface area contributed by atoms with E-state index in [9.17, 15) is 10.1 Å². The van der Waals surface area contributed by atoms with Crippen LogP contribution in [-0.2, 0) is 11.2 Å². The minimum absolute atomic E-state index is 0.0829. The Morgan fingerprint density at radius 3 is 2.53 bits per heavy atom. The predicted octanol–water partition coefficient (Wildman–Crippen LogP) is 4.95. The molecule has 8 heteroatoms. The second-order valence-electron chi connectivity index (χ2n) is 7.41. The summed E-state index contributed by atoms with van der Waals surface area (Å²) in [6.07, 6.45) is 3.16. The Hall–Kier alpha value is -4.25. The smallest absolute Gasteiger partial charge is 0.267 e. The molecule has 1 heterocycles. The zero-order chi connectivity index (χ0) is 24.3. The summed E-state index contributed by atoms with van der Waals surface area (Å²) in [4.78, 5) is 12.4. The number of benzene rings is 2. The molecular weight excluding hydrogens is 434 g/mol. The summed E-state index contributed by atoms with van der Waals surface area (Å²) >= 11 is 0. The maximum absolute atomic E-state index is 12.4. The van der Waals surface area contributed by atoms with Gasteiger partial charge in [-0.2, -0.15) is 5.26 Å². The number of carbonyl (C=O) groups is 1. The number of methoxy groups -OCH3 is 1. The highest BCUT2D eigenvalue weighted by atomic mass is 16.5. The lowest BCUT2D eigenvalue weighted by atomic mass is 10.1. The molecular formula is C26H27N3O5. The van der Waals surface area contributed by atoms with E-state index < -0.39 is 5.91 Å². The normalized spacial score (nSPS) is 10.9. The highest BCUT2D eigenvalue weighted by molar-refractivity contribution is 6.09. The van der Waals surface area contributed by atoms with Crippen LogP contribution in [0.3, 0.4) is 0 Å². The molecule has 0 aliphatic carbocycles. The summed E-state index contributed by atoms with van der Waals surface area (Å²) in [6.45, 7) is 4.80. The number of nitrogens with zero attached hydrogens (tertiary/aromatic N) is 2. The Labute approximate surface area is 198 Å². The predicted molar refractivity (Wildman–Crippen MR) is 128 cm³/mol.